The number of anilines is 2. The van der Waals surface area contributed by atoms with Crippen LogP contribution in [0.5, 0.6) is 11.5 Å². The second-order valence-electron chi connectivity index (χ2n) is 7.12. The van der Waals surface area contributed by atoms with E-state index in [1.165, 1.54) is 12.0 Å². The van der Waals surface area contributed by atoms with Gasteiger partial charge in [-0.25, -0.2) is 4.90 Å². The lowest BCUT2D eigenvalue weighted by molar-refractivity contribution is -0.123. The quantitative estimate of drug-likeness (QED) is 0.773. The maximum atomic E-state index is 13.0. The van der Waals surface area contributed by atoms with E-state index in [-0.39, 0.29) is 24.0 Å². The Morgan fingerprint density at radius 3 is 2.45 bits per heavy atom. The molecule has 2 aliphatic rings. The third-order valence-corrected chi connectivity index (χ3v) is 5.79. The SMILES string of the molecule is COc1ccc(N2C(=O)C[C@@H](N3CCN(c4ccccc4O)CC3)C2=O)cc1Cl. The number of ether oxygens (including phenoxy) is 1. The summed E-state index contributed by atoms with van der Waals surface area (Å²) >= 11 is 6.16. The van der Waals surface area contributed by atoms with Gasteiger partial charge in [-0.05, 0) is 30.3 Å². The highest BCUT2D eigenvalue weighted by atomic mass is 35.5. The molecule has 1 N–H and O–H groups in total. The molecule has 2 aromatic carbocycles. The third kappa shape index (κ3) is 3.63. The summed E-state index contributed by atoms with van der Waals surface area (Å²) in [6, 6.07) is 11.6. The molecule has 0 aliphatic carbocycles. The van der Waals surface area contributed by atoms with Crippen LogP contribution in [0, 0.1) is 0 Å². The van der Waals surface area contributed by atoms with E-state index in [9.17, 15) is 14.7 Å². The highest BCUT2D eigenvalue weighted by molar-refractivity contribution is 6.33. The highest BCUT2D eigenvalue weighted by Gasteiger charge is 2.43. The largest absolute Gasteiger partial charge is 0.506 e. The first kappa shape index (κ1) is 19.5. The molecule has 0 spiro atoms. The number of aromatic hydroxyl groups is 1. The topological polar surface area (TPSA) is 73.3 Å². The maximum absolute atomic E-state index is 13.0. The summed E-state index contributed by atoms with van der Waals surface area (Å²) < 4.78 is 5.14. The fraction of sp³-hybridized carbons (Fsp3) is 0.333. The van der Waals surface area contributed by atoms with Crippen LogP contribution >= 0.6 is 11.6 Å². The predicted octanol–water partition coefficient (Wildman–Crippen LogP) is 2.51. The Hall–Kier alpha value is -2.77. The van der Waals surface area contributed by atoms with Gasteiger partial charge in [0.15, 0.2) is 0 Å². The molecule has 29 heavy (non-hydrogen) atoms. The van der Waals surface area contributed by atoms with Gasteiger partial charge in [0, 0.05) is 26.2 Å². The summed E-state index contributed by atoms with van der Waals surface area (Å²) in [7, 11) is 1.51. The van der Waals surface area contributed by atoms with Gasteiger partial charge < -0.3 is 14.7 Å². The zero-order valence-corrected chi connectivity index (χ0v) is 16.8. The van der Waals surface area contributed by atoms with E-state index in [0.29, 0.717) is 42.6 Å². The first-order chi connectivity index (χ1) is 14.0. The van der Waals surface area contributed by atoms with Crippen molar-refractivity contribution < 1.29 is 19.4 Å². The molecule has 8 heteroatoms. The monoisotopic (exact) mass is 415 g/mol. The van der Waals surface area contributed by atoms with Crippen molar-refractivity contribution in [1.82, 2.24) is 4.90 Å². The van der Waals surface area contributed by atoms with E-state index in [4.69, 9.17) is 16.3 Å². The summed E-state index contributed by atoms with van der Waals surface area (Å²) in [6.45, 7) is 2.61. The average molecular weight is 416 g/mol. The highest BCUT2D eigenvalue weighted by Crippen LogP contribution is 2.33. The van der Waals surface area contributed by atoms with Crippen molar-refractivity contribution in [3.05, 3.63) is 47.5 Å². The number of benzene rings is 2. The van der Waals surface area contributed by atoms with E-state index in [0.717, 1.165) is 5.69 Å². The van der Waals surface area contributed by atoms with Gasteiger partial charge in [0.25, 0.3) is 5.91 Å². The van der Waals surface area contributed by atoms with Gasteiger partial charge in [0.2, 0.25) is 5.91 Å². The summed E-state index contributed by atoms with van der Waals surface area (Å²) in [5.74, 6) is 0.276. The Morgan fingerprint density at radius 1 is 1.07 bits per heavy atom. The minimum Gasteiger partial charge on any atom is -0.506 e. The molecule has 2 saturated heterocycles. The summed E-state index contributed by atoms with van der Waals surface area (Å²) in [5.41, 5.74) is 1.25. The molecule has 2 aromatic rings. The summed E-state index contributed by atoms with van der Waals surface area (Å²) in [6.07, 6.45) is 0.152. The lowest BCUT2D eigenvalue weighted by Crippen LogP contribution is -2.52. The molecule has 152 valence electrons. The molecule has 4 rings (SSSR count). The molecular formula is C21H22ClN3O4. The molecule has 0 bridgehead atoms. The van der Waals surface area contributed by atoms with Gasteiger partial charge in [0.1, 0.15) is 11.5 Å². The number of phenolic OH excluding ortho intramolecular Hbond substituents is 1. The van der Waals surface area contributed by atoms with Crippen LogP contribution in [-0.4, -0.2) is 61.2 Å². The molecule has 2 amide bonds. The Kier molecular flexibility index (Phi) is 5.34. The number of amides is 2. The second-order valence-corrected chi connectivity index (χ2v) is 7.53. The van der Waals surface area contributed by atoms with E-state index < -0.39 is 6.04 Å². The number of piperazine rings is 1. The minimum atomic E-state index is -0.477. The zero-order valence-electron chi connectivity index (χ0n) is 16.0. The van der Waals surface area contributed by atoms with E-state index >= 15 is 0 Å². The zero-order chi connectivity index (χ0) is 20.5. The molecule has 0 unspecified atom stereocenters. The number of carbonyl (C=O) groups excluding carboxylic acids is 2. The number of imide groups is 1. The lowest BCUT2D eigenvalue weighted by atomic mass is 10.1. The smallest absolute Gasteiger partial charge is 0.251 e. The molecular weight excluding hydrogens is 394 g/mol. The number of rotatable bonds is 4. The summed E-state index contributed by atoms with van der Waals surface area (Å²) in [5, 5.41) is 10.4. The van der Waals surface area contributed by atoms with Crippen LogP contribution in [0.25, 0.3) is 0 Å². The standard InChI is InChI=1S/C21H22ClN3O4/c1-29-19-7-6-14(12-15(19)22)25-20(27)13-17(21(25)28)24-10-8-23(9-11-24)16-4-2-3-5-18(16)26/h2-7,12,17,26H,8-11,13H2,1H3/t17-/m1/s1. The molecule has 2 fully saturated rings. The van der Waals surface area contributed by atoms with Crippen LogP contribution in [0.1, 0.15) is 6.42 Å². The average Bonchev–Trinajstić information content (AvgIpc) is 3.02. The second kappa shape index (κ2) is 7.93. The number of methoxy groups -OCH3 is 1. The fourth-order valence-corrected chi connectivity index (χ4v) is 4.22. The van der Waals surface area contributed by atoms with Gasteiger partial charge in [-0.1, -0.05) is 23.7 Å². The molecule has 7 nitrogen and oxygen atoms in total. The molecule has 2 heterocycles. The van der Waals surface area contributed by atoms with Crippen molar-refractivity contribution in [2.75, 3.05) is 43.1 Å². The van der Waals surface area contributed by atoms with Crippen LogP contribution in [0.4, 0.5) is 11.4 Å². The van der Waals surface area contributed by atoms with E-state index in [1.807, 2.05) is 17.0 Å². The van der Waals surface area contributed by atoms with Crippen LogP contribution in [0.2, 0.25) is 5.02 Å². The number of para-hydroxylation sites is 2. The lowest BCUT2D eigenvalue weighted by Gasteiger charge is -2.38. The first-order valence-electron chi connectivity index (χ1n) is 9.47. The number of hydrogen-bond donors (Lipinski definition) is 1. The number of nitrogens with zero attached hydrogens (tertiary/aromatic N) is 3. The molecule has 0 saturated carbocycles. The fourth-order valence-electron chi connectivity index (χ4n) is 3.97. The Morgan fingerprint density at radius 2 is 1.79 bits per heavy atom. The maximum Gasteiger partial charge on any atom is 0.251 e. The number of halogens is 1. The Bertz CT molecular complexity index is 943. The Balaban J connectivity index is 1.46. The van der Waals surface area contributed by atoms with Crippen molar-refractivity contribution in [2.45, 2.75) is 12.5 Å². The van der Waals surface area contributed by atoms with Gasteiger partial charge >= 0.3 is 0 Å². The summed E-state index contributed by atoms with van der Waals surface area (Å²) in [4.78, 5) is 31.0. The van der Waals surface area contributed by atoms with E-state index in [1.54, 1.807) is 30.3 Å². The normalized spacial score (nSPS) is 20.4. The van der Waals surface area contributed by atoms with Crippen LogP contribution in [0.3, 0.4) is 0 Å². The first-order valence-corrected chi connectivity index (χ1v) is 9.84. The molecule has 2 aliphatic heterocycles. The predicted molar refractivity (Wildman–Crippen MR) is 111 cm³/mol. The van der Waals surface area contributed by atoms with Gasteiger partial charge in [-0.3, -0.25) is 14.5 Å². The van der Waals surface area contributed by atoms with Crippen molar-refractivity contribution in [1.29, 1.82) is 0 Å². The third-order valence-electron chi connectivity index (χ3n) is 5.49. The number of carbonyl (C=O) groups is 2. The van der Waals surface area contributed by atoms with Crippen LogP contribution in [-0.2, 0) is 9.59 Å². The van der Waals surface area contributed by atoms with Crippen LogP contribution in [0.15, 0.2) is 42.5 Å². The van der Waals surface area contributed by atoms with Crippen molar-refractivity contribution >= 4 is 34.8 Å². The van der Waals surface area contributed by atoms with Crippen molar-refractivity contribution in [3.8, 4) is 11.5 Å². The van der Waals surface area contributed by atoms with Crippen LogP contribution < -0.4 is 14.5 Å². The van der Waals surface area contributed by atoms with Crippen molar-refractivity contribution in [3.63, 3.8) is 0 Å². The van der Waals surface area contributed by atoms with E-state index in [2.05, 4.69) is 4.90 Å². The molecule has 1 atom stereocenters. The van der Waals surface area contributed by atoms with Crippen molar-refractivity contribution in [2.24, 2.45) is 0 Å². The molecule has 0 radical (unpaired) electrons. The van der Waals surface area contributed by atoms with Gasteiger partial charge in [0.05, 0.1) is 36.0 Å². The van der Waals surface area contributed by atoms with Gasteiger partial charge in [-0.15, -0.1) is 0 Å². The molecule has 0 aromatic heterocycles. The number of hydrogen-bond acceptors (Lipinski definition) is 6. The minimum absolute atomic E-state index is 0.152. The van der Waals surface area contributed by atoms with Gasteiger partial charge in [-0.2, -0.15) is 0 Å². The number of phenols is 1. The Labute approximate surface area is 174 Å².